The van der Waals surface area contributed by atoms with E-state index in [2.05, 4.69) is 88.7 Å². The molecule has 0 atom stereocenters. The SMILES string of the molecule is N#Cc1cccc(-c2ccc(-c3ccc4c(c3)C3(c5cc(Br)ccc5-4)C4CC5CC(C4)CC3C5)cc2)c1. The van der Waals surface area contributed by atoms with E-state index in [9.17, 15) is 5.26 Å². The van der Waals surface area contributed by atoms with E-state index < -0.39 is 0 Å². The second kappa shape index (κ2) is 7.92. The van der Waals surface area contributed by atoms with E-state index in [-0.39, 0.29) is 5.41 Å². The highest BCUT2D eigenvalue weighted by Gasteiger charge is 2.61. The van der Waals surface area contributed by atoms with Crippen molar-refractivity contribution in [2.24, 2.45) is 23.7 Å². The highest BCUT2D eigenvalue weighted by molar-refractivity contribution is 9.10. The summed E-state index contributed by atoms with van der Waals surface area (Å²) in [4.78, 5) is 0. The third-order valence-corrected chi connectivity index (χ3v) is 10.6. The largest absolute Gasteiger partial charge is 0.192 e. The van der Waals surface area contributed by atoms with Gasteiger partial charge < -0.3 is 0 Å². The maximum atomic E-state index is 9.29. The van der Waals surface area contributed by atoms with Crippen LogP contribution in [0.4, 0.5) is 0 Å². The summed E-state index contributed by atoms with van der Waals surface area (Å²) in [5, 5.41) is 9.29. The van der Waals surface area contributed by atoms with Crippen LogP contribution in [0.5, 0.6) is 0 Å². The van der Waals surface area contributed by atoms with Crippen LogP contribution in [0, 0.1) is 35.0 Å². The van der Waals surface area contributed by atoms with Crippen molar-refractivity contribution in [1.29, 1.82) is 5.26 Å². The Balaban J connectivity index is 1.25. The summed E-state index contributed by atoms with van der Waals surface area (Å²) < 4.78 is 1.21. The van der Waals surface area contributed by atoms with Crippen molar-refractivity contribution in [1.82, 2.24) is 0 Å². The minimum atomic E-state index is 0.176. The van der Waals surface area contributed by atoms with Gasteiger partial charge in [-0.3, -0.25) is 0 Å². The van der Waals surface area contributed by atoms with Crippen LogP contribution in [-0.2, 0) is 5.41 Å². The van der Waals surface area contributed by atoms with Crippen LogP contribution in [-0.4, -0.2) is 0 Å². The van der Waals surface area contributed by atoms with Crippen LogP contribution in [0.15, 0.2) is 89.4 Å². The quantitative estimate of drug-likeness (QED) is 0.248. The molecule has 0 unspecified atom stereocenters. The van der Waals surface area contributed by atoms with Gasteiger partial charge >= 0.3 is 0 Å². The summed E-state index contributed by atoms with van der Waals surface area (Å²) in [7, 11) is 0. The number of nitriles is 1. The third-order valence-electron chi connectivity index (χ3n) is 10.2. The summed E-state index contributed by atoms with van der Waals surface area (Å²) in [6.07, 6.45) is 7.08. The molecule has 5 aliphatic rings. The number of fused-ring (bicyclic) bond motifs is 3. The van der Waals surface area contributed by atoms with E-state index in [0.29, 0.717) is 5.56 Å². The first-order valence-electron chi connectivity index (χ1n) is 13.7. The topological polar surface area (TPSA) is 23.8 Å². The maximum Gasteiger partial charge on any atom is 0.0991 e. The number of nitrogens with zero attached hydrogens (tertiary/aromatic N) is 1. The second-order valence-corrected chi connectivity index (χ2v) is 12.8. The highest BCUT2D eigenvalue weighted by atomic mass is 79.9. The monoisotopic (exact) mass is 541 g/mol. The van der Waals surface area contributed by atoms with Crippen molar-refractivity contribution >= 4 is 15.9 Å². The summed E-state index contributed by atoms with van der Waals surface area (Å²) >= 11 is 3.83. The van der Waals surface area contributed by atoms with E-state index >= 15 is 0 Å². The molecular formula is C35H28BrN. The van der Waals surface area contributed by atoms with Crippen LogP contribution in [0.25, 0.3) is 33.4 Å². The molecule has 4 bridgehead atoms. The number of hydrogen-bond acceptors (Lipinski definition) is 1. The van der Waals surface area contributed by atoms with Gasteiger partial charge in [-0.2, -0.15) is 5.26 Å². The van der Waals surface area contributed by atoms with Gasteiger partial charge in [0.25, 0.3) is 0 Å². The molecule has 9 rings (SSSR count). The minimum Gasteiger partial charge on any atom is -0.192 e. The minimum absolute atomic E-state index is 0.176. The van der Waals surface area contributed by atoms with Gasteiger partial charge in [-0.05, 0) is 131 Å². The first kappa shape index (κ1) is 21.9. The fourth-order valence-electron chi connectivity index (χ4n) is 8.97. The zero-order valence-corrected chi connectivity index (χ0v) is 22.3. The van der Waals surface area contributed by atoms with Crippen molar-refractivity contribution in [3.8, 4) is 39.4 Å². The summed E-state index contributed by atoms with van der Waals surface area (Å²) in [5.74, 6) is 3.43. The van der Waals surface area contributed by atoms with E-state index in [1.54, 1.807) is 11.1 Å². The van der Waals surface area contributed by atoms with Gasteiger partial charge in [-0.1, -0.05) is 70.5 Å². The Hall–Kier alpha value is -3.15. The van der Waals surface area contributed by atoms with Crippen LogP contribution in [0.2, 0.25) is 0 Å². The van der Waals surface area contributed by atoms with Gasteiger partial charge in [-0.15, -0.1) is 0 Å². The van der Waals surface area contributed by atoms with Gasteiger partial charge in [-0.25, -0.2) is 0 Å². The first-order chi connectivity index (χ1) is 18.1. The molecule has 2 heteroatoms. The van der Waals surface area contributed by atoms with Crippen molar-refractivity contribution in [3.05, 3.63) is 106 Å². The zero-order chi connectivity index (χ0) is 24.7. The van der Waals surface area contributed by atoms with Crippen molar-refractivity contribution < 1.29 is 0 Å². The molecule has 1 nitrogen and oxygen atoms in total. The molecule has 4 aromatic rings. The first-order valence-corrected chi connectivity index (χ1v) is 14.5. The fourth-order valence-corrected chi connectivity index (χ4v) is 9.33. The van der Waals surface area contributed by atoms with Crippen molar-refractivity contribution in [2.45, 2.75) is 37.5 Å². The molecule has 5 aliphatic carbocycles. The average Bonchev–Trinajstić information content (AvgIpc) is 3.21. The second-order valence-electron chi connectivity index (χ2n) is 11.9. The lowest BCUT2D eigenvalue weighted by molar-refractivity contribution is -0.0399. The van der Waals surface area contributed by atoms with Gasteiger partial charge in [0.05, 0.1) is 11.6 Å². The fraction of sp³-hybridized carbons (Fsp3) is 0.286. The molecule has 0 amide bonds. The Bertz CT molecular complexity index is 1580. The molecule has 4 fully saturated rings. The molecule has 1 spiro atoms. The van der Waals surface area contributed by atoms with Gasteiger partial charge in [0.1, 0.15) is 0 Å². The van der Waals surface area contributed by atoms with Crippen LogP contribution < -0.4 is 0 Å². The molecule has 4 saturated carbocycles. The Morgan fingerprint density at radius 1 is 0.622 bits per heavy atom. The molecule has 180 valence electrons. The lowest BCUT2D eigenvalue weighted by atomic mass is 9.43. The van der Waals surface area contributed by atoms with Gasteiger partial charge in [0.15, 0.2) is 0 Å². The molecule has 0 radical (unpaired) electrons. The van der Waals surface area contributed by atoms with Crippen LogP contribution in [0.1, 0.15) is 48.8 Å². The molecular weight excluding hydrogens is 514 g/mol. The lowest BCUT2D eigenvalue weighted by Crippen LogP contribution is -2.55. The van der Waals surface area contributed by atoms with E-state index in [1.165, 1.54) is 58.8 Å². The molecule has 0 aliphatic heterocycles. The smallest absolute Gasteiger partial charge is 0.0991 e. The standard InChI is InChI=1S/C35H28BrN/c36-30-9-11-32-31-10-8-27(25-6-4-24(5-7-25)26-3-1-2-21(13-26)20-37)18-33(31)35(34(32)19-30)28-14-22-12-23(16-28)17-29(35)15-22/h1-11,13,18-19,22-23,28-29H,12,14-17H2. The van der Waals surface area contributed by atoms with E-state index in [0.717, 1.165) is 34.8 Å². The molecule has 4 aromatic carbocycles. The summed E-state index contributed by atoms with van der Waals surface area (Å²) in [6, 6.07) is 33.4. The Labute approximate surface area is 227 Å². The number of halogens is 1. The lowest BCUT2D eigenvalue weighted by Gasteiger charge is -2.61. The predicted octanol–water partition coefficient (Wildman–Crippen LogP) is 9.38. The third kappa shape index (κ3) is 3.07. The highest BCUT2D eigenvalue weighted by Crippen LogP contribution is 2.69. The Morgan fingerprint density at radius 2 is 1.19 bits per heavy atom. The zero-order valence-electron chi connectivity index (χ0n) is 20.8. The predicted molar refractivity (Wildman–Crippen MR) is 153 cm³/mol. The summed E-state index contributed by atoms with van der Waals surface area (Å²) in [6.45, 7) is 0. The van der Waals surface area contributed by atoms with Crippen LogP contribution >= 0.6 is 15.9 Å². The summed E-state index contributed by atoms with van der Waals surface area (Å²) in [5.41, 5.74) is 11.8. The average molecular weight is 543 g/mol. The Kier molecular flexibility index (Phi) is 4.69. The molecule has 37 heavy (non-hydrogen) atoms. The van der Waals surface area contributed by atoms with E-state index in [4.69, 9.17) is 0 Å². The number of rotatable bonds is 2. The van der Waals surface area contributed by atoms with E-state index in [1.807, 2.05) is 18.2 Å². The van der Waals surface area contributed by atoms with Gasteiger partial charge in [0.2, 0.25) is 0 Å². The molecule has 0 aromatic heterocycles. The Morgan fingerprint density at radius 3 is 1.84 bits per heavy atom. The normalized spacial score (nSPS) is 28.2. The number of hydrogen-bond donors (Lipinski definition) is 0. The molecule has 0 N–H and O–H groups in total. The molecule has 0 heterocycles. The molecule has 0 saturated heterocycles. The number of benzene rings is 4. The maximum absolute atomic E-state index is 9.29. The van der Waals surface area contributed by atoms with Crippen molar-refractivity contribution in [2.75, 3.05) is 0 Å². The van der Waals surface area contributed by atoms with Gasteiger partial charge in [0, 0.05) is 9.89 Å². The van der Waals surface area contributed by atoms with Crippen LogP contribution in [0.3, 0.4) is 0 Å². The van der Waals surface area contributed by atoms with Crippen molar-refractivity contribution in [3.63, 3.8) is 0 Å².